The van der Waals surface area contributed by atoms with Gasteiger partial charge in [-0.1, -0.05) is 30.3 Å². The van der Waals surface area contributed by atoms with Gasteiger partial charge in [-0.3, -0.25) is 4.79 Å². The van der Waals surface area contributed by atoms with Crippen molar-refractivity contribution in [3.63, 3.8) is 0 Å². The third-order valence-corrected chi connectivity index (χ3v) is 6.09. The first-order chi connectivity index (χ1) is 14.0. The smallest absolute Gasteiger partial charge is 0.235 e. The molecule has 1 aliphatic carbocycles. The van der Waals surface area contributed by atoms with Crippen LogP contribution < -0.4 is 14.8 Å². The van der Waals surface area contributed by atoms with Crippen molar-refractivity contribution in [2.45, 2.75) is 30.1 Å². The van der Waals surface area contributed by atoms with Crippen molar-refractivity contribution in [1.29, 1.82) is 0 Å². The summed E-state index contributed by atoms with van der Waals surface area (Å²) in [5.74, 6) is 1.48. The summed E-state index contributed by atoms with van der Waals surface area (Å²) in [4.78, 5) is 14.2. The predicted octanol–water partition coefficient (Wildman–Crippen LogP) is 5.35. The van der Waals surface area contributed by atoms with Gasteiger partial charge in [-0.25, -0.2) is 0 Å². The summed E-state index contributed by atoms with van der Waals surface area (Å²) >= 11 is 4.35. The van der Waals surface area contributed by atoms with Crippen LogP contribution in [0, 0.1) is 6.92 Å². The number of ether oxygens (including phenoxy) is 2. The highest BCUT2D eigenvalue weighted by Gasteiger charge is 2.51. The Kier molecular flexibility index (Phi) is 4.28. The van der Waals surface area contributed by atoms with E-state index in [1.54, 1.807) is 0 Å². The van der Waals surface area contributed by atoms with E-state index in [1.165, 1.54) is 0 Å². The highest BCUT2D eigenvalue weighted by molar-refractivity contribution is 7.80. The standard InChI is InChI=1S/C24H21NO3S/c1-15-2-3-17(16-4-7-19(29)8-5-16)12-20(15)25-23(26)24(10-11-24)18-6-9-21-22(13-18)28-14-27-21/h2-9,12-13,29H,10-11,14H2,1H3,(H,25,26). The Labute approximate surface area is 175 Å². The van der Waals surface area contributed by atoms with E-state index in [1.807, 2.05) is 61.5 Å². The minimum absolute atomic E-state index is 0.0299. The molecular formula is C24H21NO3S. The van der Waals surface area contributed by atoms with Gasteiger partial charge in [0, 0.05) is 10.6 Å². The van der Waals surface area contributed by atoms with E-state index in [4.69, 9.17) is 9.47 Å². The number of anilines is 1. The second kappa shape index (κ2) is 6.85. The lowest BCUT2D eigenvalue weighted by Crippen LogP contribution is -2.28. The fourth-order valence-electron chi connectivity index (χ4n) is 3.80. The maximum Gasteiger partial charge on any atom is 0.235 e. The number of nitrogens with one attached hydrogen (secondary N) is 1. The second-order valence-corrected chi connectivity index (χ2v) is 8.20. The van der Waals surface area contributed by atoms with Crippen LogP contribution in [-0.2, 0) is 10.2 Å². The van der Waals surface area contributed by atoms with Gasteiger partial charge in [-0.15, -0.1) is 12.6 Å². The summed E-state index contributed by atoms with van der Waals surface area (Å²) in [6.07, 6.45) is 1.67. The Morgan fingerprint density at radius 3 is 2.41 bits per heavy atom. The molecule has 1 amide bonds. The molecular weight excluding hydrogens is 382 g/mol. The van der Waals surface area contributed by atoms with Crippen LogP contribution in [0.4, 0.5) is 5.69 Å². The van der Waals surface area contributed by atoms with Gasteiger partial charge >= 0.3 is 0 Å². The number of thiol groups is 1. The van der Waals surface area contributed by atoms with Crippen molar-refractivity contribution in [3.05, 3.63) is 71.8 Å². The minimum atomic E-state index is -0.489. The molecule has 0 bridgehead atoms. The maximum absolute atomic E-state index is 13.2. The largest absolute Gasteiger partial charge is 0.454 e. The molecule has 29 heavy (non-hydrogen) atoms. The van der Waals surface area contributed by atoms with Crippen molar-refractivity contribution in [3.8, 4) is 22.6 Å². The van der Waals surface area contributed by atoms with Crippen molar-refractivity contribution in [2.24, 2.45) is 0 Å². The third-order valence-electron chi connectivity index (χ3n) is 5.80. The summed E-state index contributed by atoms with van der Waals surface area (Å²) in [7, 11) is 0. The van der Waals surface area contributed by atoms with Gasteiger partial charge in [0.25, 0.3) is 0 Å². The van der Waals surface area contributed by atoms with Crippen LogP contribution in [0.2, 0.25) is 0 Å². The SMILES string of the molecule is Cc1ccc(-c2ccc(S)cc2)cc1NC(=O)C1(c2ccc3c(c2)OCO3)CC1. The lowest BCUT2D eigenvalue weighted by atomic mass is 9.94. The molecule has 4 nitrogen and oxygen atoms in total. The van der Waals surface area contributed by atoms with Crippen molar-refractivity contribution < 1.29 is 14.3 Å². The molecule has 5 heteroatoms. The van der Waals surface area contributed by atoms with E-state index in [0.29, 0.717) is 5.75 Å². The summed E-state index contributed by atoms with van der Waals surface area (Å²) in [5, 5.41) is 3.17. The van der Waals surface area contributed by atoms with Crippen LogP contribution >= 0.6 is 12.6 Å². The van der Waals surface area contributed by atoms with Gasteiger partial charge in [0.1, 0.15) is 0 Å². The lowest BCUT2D eigenvalue weighted by Gasteiger charge is -2.18. The first-order valence-electron chi connectivity index (χ1n) is 9.67. The molecule has 0 radical (unpaired) electrons. The Hall–Kier alpha value is -2.92. The molecule has 0 unspecified atom stereocenters. The third kappa shape index (κ3) is 3.25. The molecule has 0 atom stereocenters. The van der Waals surface area contributed by atoms with Crippen LogP contribution in [0.1, 0.15) is 24.0 Å². The molecule has 0 spiro atoms. The number of aryl methyl sites for hydroxylation is 1. The van der Waals surface area contributed by atoms with E-state index >= 15 is 0 Å². The molecule has 3 aromatic carbocycles. The predicted molar refractivity (Wildman–Crippen MR) is 116 cm³/mol. The van der Waals surface area contributed by atoms with Crippen molar-refractivity contribution >= 4 is 24.2 Å². The van der Waals surface area contributed by atoms with Crippen LogP contribution in [0.5, 0.6) is 11.5 Å². The number of carbonyl (C=O) groups is 1. The molecule has 2 aliphatic rings. The number of rotatable bonds is 4. The Morgan fingerprint density at radius 2 is 1.66 bits per heavy atom. The Balaban J connectivity index is 1.42. The van der Waals surface area contributed by atoms with Crippen LogP contribution in [0.15, 0.2) is 65.6 Å². The fraction of sp³-hybridized carbons (Fsp3) is 0.208. The van der Waals surface area contributed by atoms with Gasteiger partial charge in [0.2, 0.25) is 12.7 Å². The summed E-state index contributed by atoms with van der Waals surface area (Å²) in [6.45, 7) is 2.24. The zero-order valence-corrected chi connectivity index (χ0v) is 17.0. The fourth-order valence-corrected chi connectivity index (χ4v) is 3.95. The molecule has 1 heterocycles. The Morgan fingerprint density at radius 1 is 0.931 bits per heavy atom. The number of hydrogen-bond acceptors (Lipinski definition) is 4. The molecule has 1 N–H and O–H groups in total. The van der Waals surface area contributed by atoms with Crippen molar-refractivity contribution in [2.75, 3.05) is 12.1 Å². The normalized spacial score (nSPS) is 15.8. The van der Waals surface area contributed by atoms with E-state index in [9.17, 15) is 4.79 Å². The minimum Gasteiger partial charge on any atom is -0.454 e. The Bertz CT molecular complexity index is 1100. The highest BCUT2D eigenvalue weighted by Crippen LogP contribution is 2.51. The van der Waals surface area contributed by atoms with Gasteiger partial charge in [0.05, 0.1) is 5.41 Å². The average molecular weight is 404 g/mol. The lowest BCUT2D eigenvalue weighted by molar-refractivity contribution is -0.118. The van der Waals surface area contributed by atoms with Gasteiger partial charge < -0.3 is 14.8 Å². The topological polar surface area (TPSA) is 47.6 Å². The monoisotopic (exact) mass is 403 g/mol. The first-order valence-corrected chi connectivity index (χ1v) is 10.1. The summed E-state index contributed by atoms with van der Waals surface area (Å²) in [5.41, 5.74) is 4.53. The zero-order valence-electron chi connectivity index (χ0n) is 16.1. The summed E-state index contributed by atoms with van der Waals surface area (Å²) < 4.78 is 10.9. The van der Waals surface area contributed by atoms with E-state index < -0.39 is 5.41 Å². The van der Waals surface area contributed by atoms with E-state index in [-0.39, 0.29) is 12.7 Å². The molecule has 5 rings (SSSR count). The molecule has 1 aliphatic heterocycles. The number of hydrogen-bond donors (Lipinski definition) is 2. The molecule has 1 fully saturated rings. The van der Waals surface area contributed by atoms with E-state index in [0.717, 1.165) is 51.4 Å². The first kappa shape index (κ1) is 18.1. The molecule has 3 aromatic rings. The summed E-state index contributed by atoms with van der Waals surface area (Å²) in [6, 6.07) is 20.0. The zero-order chi connectivity index (χ0) is 20.0. The maximum atomic E-state index is 13.2. The number of fused-ring (bicyclic) bond motifs is 1. The number of amides is 1. The number of benzene rings is 3. The molecule has 0 aromatic heterocycles. The average Bonchev–Trinajstić information content (AvgIpc) is 3.41. The molecule has 146 valence electrons. The molecule has 1 saturated carbocycles. The van der Waals surface area contributed by atoms with Crippen LogP contribution in [0.3, 0.4) is 0 Å². The van der Waals surface area contributed by atoms with E-state index in [2.05, 4.69) is 24.0 Å². The van der Waals surface area contributed by atoms with Crippen LogP contribution in [-0.4, -0.2) is 12.7 Å². The van der Waals surface area contributed by atoms with Gasteiger partial charge in [-0.05, 0) is 72.4 Å². The molecule has 0 saturated heterocycles. The van der Waals surface area contributed by atoms with Gasteiger partial charge in [0.15, 0.2) is 11.5 Å². The second-order valence-electron chi connectivity index (χ2n) is 7.68. The van der Waals surface area contributed by atoms with Crippen molar-refractivity contribution in [1.82, 2.24) is 0 Å². The number of carbonyl (C=O) groups excluding carboxylic acids is 1. The van der Waals surface area contributed by atoms with Gasteiger partial charge in [-0.2, -0.15) is 0 Å². The highest BCUT2D eigenvalue weighted by atomic mass is 32.1. The quantitative estimate of drug-likeness (QED) is 0.577. The van der Waals surface area contributed by atoms with Crippen LogP contribution in [0.25, 0.3) is 11.1 Å².